The zero-order chi connectivity index (χ0) is 14.1. The summed E-state index contributed by atoms with van der Waals surface area (Å²) in [7, 11) is 5.67. The Balaban J connectivity index is 1.85. The van der Waals surface area contributed by atoms with Gasteiger partial charge >= 0.3 is 0 Å². The van der Waals surface area contributed by atoms with Crippen molar-refractivity contribution in [2.45, 2.75) is 31.2 Å². The monoisotopic (exact) mass is 276 g/mol. The lowest BCUT2D eigenvalue weighted by atomic mass is 9.92. The summed E-state index contributed by atoms with van der Waals surface area (Å²) in [6.45, 7) is 2.24. The molecule has 1 aromatic rings. The van der Waals surface area contributed by atoms with Gasteiger partial charge < -0.3 is 19.7 Å². The van der Waals surface area contributed by atoms with E-state index in [1.807, 2.05) is 6.07 Å². The Labute approximate surface area is 121 Å². The van der Waals surface area contributed by atoms with Crippen LogP contribution in [0.4, 0.5) is 5.69 Å². The highest BCUT2D eigenvalue weighted by Crippen LogP contribution is 2.44. The third-order valence-electron chi connectivity index (χ3n) is 4.75. The van der Waals surface area contributed by atoms with Gasteiger partial charge in [0.25, 0.3) is 0 Å². The minimum Gasteiger partial charge on any atom is -0.497 e. The van der Waals surface area contributed by atoms with Gasteiger partial charge in [-0.1, -0.05) is 0 Å². The van der Waals surface area contributed by atoms with Crippen LogP contribution >= 0.6 is 0 Å². The van der Waals surface area contributed by atoms with Gasteiger partial charge in [-0.3, -0.25) is 0 Å². The number of fused-ring (bicyclic) bond motifs is 1. The molecule has 0 radical (unpaired) electrons. The van der Waals surface area contributed by atoms with E-state index in [4.69, 9.17) is 9.47 Å². The third-order valence-corrected chi connectivity index (χ3v) is 4.75. The number of methoxy groups -OCH3 is 2. The summed E-state index contributed by atoms with van der Waals surface area (Å²) < 4.78 is 10.9. The highest BCUT2D eigenvalue weighted by molar-refractivity contribution is 5.69. The molecule has 20 heavy (non-hydrogen) atoms. The van der Waals surface area contributed by atoms with Crippen molar-refractivity contribution in [3.63, 3.8) is 0 Å². The average molecular weight is 276 g/mol. The highest BCUT2D eigenvalue weighted by atomic mass is 16.5. The van der Waals surface area contributed by atoms with Crippen molar-refractivity contribution < 1.29 is 9.47 Å². The second-order valence-corrected chi connectivity index (χ2v) is 5.88. The van der Waals surface area contributed by atoms with Gasteiger partial charge in [0, 0.05) is 24.6 Å². The molecule has 2 atom stereocenters. The fraction of sp³-hybridized carbons (Fsp3) is 0.625. The summed E-state index contributed by atoms with van der Waals surface area (Å²) in [6.07, 6.45) is 3.87. The number of ether oxygens (including phenoxy) is 2. The number of nitrogens with one attached hydrogen (secondary N) is 1. The van der Waals surface area contributed by atoms with Crippen LogP contribution in [0.3, 0.4) is 0 Å². The van der Waals surface area contributed by atoms with Crippen molar-refractivity contribution in [2.24, 2.45) is 0 Å². The zero-order valence-corrected chi connectivity index (χ0v) is 12.6. The summed E-state index contributed by atoms with van der Waals surface area (Å²) in [4.78, 5) is 2.50. The Hall–Kier alpha value is -1.42. The van der Waals surface area contributed by atoms with E-state index in [0.717, 1.165) is 23.7 Å². The van der Waals surface area contributed by atoms with Crippen LogP contribution in [0, 0.1) is 0 Å². The van der Waals surface area contributed by atoms with E-state index in [-0.39, 0.29) is 0 Å². The molecule has 4 nitrogen and oxygen atoms in total. The molecule has 1 fully saturated rings. The van der Waals surface area contributed by atoms with E-state index in [9.17, 15) is 0 Å². The van der Waals surface area contributed by atoms with Gasteiger partial charge in [0.15, 0.2) is 0 Å². The molecule has 2 heterocycles. The van der Waals surface area contributed by atoms with Crippen LogP contribution in [-0.2, 0) is 0 Å². The van der Waals surface area contributed by atoms with E-state index in [2.05, 4.69) is 23.3 Å². The van der Waals surface area contributed by atoms with Crippen LogP contribution in [0.5, 0.6) is 11.5 Å². The Morgan fingerprint density at radius 1 is 1.30 bits per heavy atom. The molecule has 1 saturated heterocycles. The van der Waals surface area contributed by atoms with E-state index in [0.29, 0.717) is 12.0 Å². The minimum atomic E-state index is 0.555. The number of rotatable bonds is 4. The number of likely N-dealkylation sites (tertiary alicyclic amines) is 1. The van der Waals surface area contributed by atoms with Gasteiger partial charge in [0.2, 0.25) is 0 Å². The van der Waals surface area contributed by atoms with Crippen LogP contribution in [-0.4, -0.2) is 45.3 Å². The first-order valence-electron chi connectivity index (χ1n) is 7.43. The standard InChI is InChI=1S/C16H24N2O2/c1-18-6-4-5-12(18)7-11-10-17-16-14(11)8-13(19-2)9-15(16)20-3/h8-9,11-12,17H,4-7,10H2,1-3H3/t11?,12-/m1/s1. The first-order valence-corrected chi connectivity index (χ1v) is 7.43. The summed E-state index contributed by atoms with van der Waals surface area (Å²) in [5, 5.41) is 3.51. The molecule has 4 heteroatoms. The number of benzene rings is 1. The number of nitrogens with zero attached hydrogens (tertiary/aromatic N) is 1. The smallest absolute Gasteiger partial charge is 0.145 e. The predicted octanol–water partition coefficient (Wildman–Crippen LogP) is 2.70. The molecule has 0 saturated carbocycles. The Bertz CT molecular complexity index is 490. The van der Waals surface area contributed by atoms with Gasteiger partial charge in [-0.25, -0.2) is 0 Å². The van der Waals surface area contributed by atoms with Gasteiger partial charge in [0.1, 0.15) is 11.5 Å². The zero-order valence-electron chi connectivity index (χ0n) is 12.6. The summed E-state index contributed by atoms with van der Waals surface area (Å²) in [5.74, 6) is 2.33. The molecule has 1 unspecified atom stereocenters. The molecule has 0 bridgehead atoms. The van der Waals surface area contributed by atoms with E-state index < -0.39 is 0 Å². The lowest BCUT2D eigenvalue weighted by molar-refractivity contribution is 0.285. The average Bonchev–Trinajstić information content (AvgIpc) is 3.06. The van der Waals surface area contributed by atoms with Crippen molar-refractivity contribution in [1.82, 2.24) is 4.90 Å². The highest BCUT2D eigenvalue weighted by Gasteiger charge is 2.31. The van der Waals surface area contributed by atoms with Gasteiger partial charge in [-0.15, -0.1) is 0 Å². The molecule has 1 N–H and O–H groups in total. The predicted molar refractivity (Wildman–Crippen MR) is 81.0 cm³/mol. The third kappa shape index (κ3) is 2.33. The fourth-order valence-corrected chi connectivity index (χ4v) is 3.55. The SMILES string of the molecule is COc1cc(OC)c2c(c1)C(C[C@H]1CCCN1C)CN2. The summed E-state index contributed by atoms with van der Waals surface area (Å²) >= 11 is 0. The second kappa shape index (κ2) is 5.52. The lowest BCUT2D eigenvalue weighted by Gasteiger charge is -2.23. The molecule has 3 rings (SSSR count). The fourth-order valence-electron chi connectivity index (χ4n) is 3.55. The molecule has 2 aliphatic heterocycles. The number of hydrogen-bond donors (Lipinski definition) is 1. The maximum atomic E-state index is 5.49. The van der Waals surface area contributed by atoms with Crippen LogP contribution in [0.2, 0.25) is 0 Å². The Kier molecular flexibility index (Phi) is 3.74. The van der Waals surface area contributed by atoms with E-state index in [1.165, 1.54) is 31.4 Å². The number of hydrogen-bond acceptors (Lipinski definition) is 4. The largest absolute Gasteiger partial charge is 0.497 e. The molecule has 0 aromatic heterocycles. The molecular weight excluding hydrogens is 252 g/mol. The molecule has 0 aliphatic carbocycles. The summed E-state index contributed by atoms with van der Waals surface area (Å²) in [5.41, 5.74) is 2.50. The van der Waals surface area contributed by atoms with Crippen LogP contribution < -0.4 is 14.8 Å². The molecular formula is C16H24N2O2. The molecule has 0 spiro atoms. The van der Waals surface area contributed by atoms with E-state index >= 15 is 0 Å². The lowest BCUT2D eigenvalue weighted by Crippen LogP contribution is -2.27. The second-order valence-electron chi connectivity index (χ2n) is 5.88. The molecule has 2 aliphatic rings. The Morgan fingerprint density at radius 3 is 2.80 bits per heavy atom. The minimum absolute atomic E-state index is 0.555. The van der Waals surface area contributed by atoms with Crippen molar-refractivity contribution >= 4 is 5.69 Å². The first-order chi connectivity index (χ1) is 9.72. The summed E-state index contributed by atoms with van der Waals surface area (Å²) in [6, 6.07) is 4.83. The maximum absolute atomic E-state index is 5.49. The first kappa shape index (κ1) is 13.6. The van der Waals surface area contributed by atoms with Crippen molar-refractivity contribution in [3.8, 4) is 11.5 Å². The molecule has 0 amide bonds. The van der Waals surface area contributed by atoms with Crippen molar-refractivity contribution in [2.75, 3.05) is 39.7 Å². The van der Waals surface area contributed by atoms with E-state index in [1.54, 1.807) is 14.2 Å². The van der Waals surface area contributed by atoms with Crippen molar-refractivity contribution in [3.05, 3.63) is 17.7 Å². The van der Waals surface area contributed by atoms with Gasteiger partial charge in [-0.2, -0.15) is 0 Å². The van der Waals surface area contributed by atoms with Crippen LogP contribution in [0.25, 0.3) is 0 Å². The maximum Gasteiger partial charge on any atom is 0.145 e. The quantitative estimate of drug-likeness (QED) is 0.917. The van der Waals surface area contributed by atoms with Crippen LogP contribution in [0.15, 0.2) is 12.1 Å². The number of anilines is 1. The molecule has 110 valence electrons. The van der Waals surface area contributed by atoms with Gasteiger partial charge in [-0.05, 0) is 44.5 Å². The molecule has 1 aromatic carbocycles. The Morgan fingerprint density at radius 2 is 2.15 bits per heavy atom. The van der Waals surface area contributed by atoms with Gasteiger partial charge in [0.05, 0.1) is 19.9 Å². The van der Waals surface area contributed by atoms with Crippen LogP contribution in [0.1, 0.15) is 30.7 Å². The normalized spacial score (nSPS) is 25.4. The van der Waals surface area contributed by atoms with Crippen molar-refractivity contribution in [1.29, 1.82) is 0 Å². The topological polar surface area (TPSA) is 33.7 Å².